The van der Waals surface area contributed by atoms with Crippen LogP contribution in [0.2, 0.25) is 5.02 Å². The number of sulfone groups is 1. The third-order valence-corrected chi connectivity index (χ3v) is 6.41. The van der Waals surface area contributed by atoms with E-state index in [9.17, 15) is 8.42 Å². The Morgan fingerprint density at radius 2 is 2.05 bits per heavy atom. The molecule has 1 aromatic carbocycles. The van der Waals surface area contributed by atoms with Crippen LogP contribution in [0.15, 0.2) is 18.2 Å². The van der Waals surface area contributed by atoms with Gasteiger partial charge in [0.25, 0.3) is 0 Å². The van der Waals surface area contributed by atoms with Crippen LogP contribution in [0.25, 0.3) is 0 Å². The largest absolute Gasteiger partial charge is 0.324 e. The lowest BCUT2D eigenvalue weighted by Gasteiger charge is -2.32. The Morgan fingerprint density at radius 3 is 2.65 bits per heavy atom. The van der Waals surface area contributed by atoms with Gasteiger partial charge in [0.2, 0.25) is 0 Å². The molecule has 3 atom stereocenters. The number of hydrogen-bond acceptors (Lipinski definition) is 3. The fourth-order valence-electron chi connectivity index (χ4n) is 2.98. The summed E-state index contributed by atoms with van der Waals surface area (Å²) in [5.41, 5.74) is 8.37. The van der Waals surface area contributed by atoms with Gasteiger partial charge in [-0.05, 0) is 49.3 Å². The van der Waals surface area contributed by atoms with Gasteiger partial charge in [-0.2, -0.15) is 0 Å². The molecule has 20 heavy (non-hydrogen) atoms. The van der Waals surface area contributed by atoms with E-state index in [0.717, 1.165) is 30.4 Å². The van der Waals surface area contributed by atoms with Crippen LogP contribution in [0.3, 0.4) is 0 Å². The minimum absolute atomic E-state index is 0.141. The maximum absolute atomic E-state index is 11.7. The summed E-state index contributed by atoms with van der Waals surface area (Å²) >= 11 is 6.15. The molecular weight excluding hydrogens is 294 g/mol. The molecule has 1 aliphatic rings. The van der Waals surface area contributed by atoms with Crippen molar-refractivity contribution in [1.82, 2.24) is 0 Å². The second-order valence-electron chi connectivity index (χ2n) is 5.91. The van der Waals surface area contributed by atoms with Crippen molar-refractivity contribution in [2.24, 2.45) is 11.7 Å². The van der Waals surface area contributed by atoms with E-state index in [-0.39, 0.29) is 17.2 Å². The van der Waals surface area contributed by atoms with E-state index >= 15 is 0 Å². The fourth-order valence-corrected chi connectivity index (χ4v) is 4.37. The SMILES string of the molecule is Cc1ccc(C(N)C2CCCC(S(C)(=O)=O)C2)cc1Cl. The molecule has 0 bridgehead atoms. The van der Waals surface area contributed by atoms with Crippen LogP contribution >= 0.6 is 11.6 Å². The van der Waals surface area contributed by atoms with Crippen LogP contribution in [-0.4, -0.2) is 19.9 Å². The van der Waals surface area contributed by atoms with E-state index in [0.29, 0.717) is 11.4 Å². The molecule has 1 aliphatic carbocycles. The van der Waals surface area contributed by atoms with Gasteiger partial charge < -0.3 is 5.73 Å². The maximum Gasteiger partial charge on any atom is 0.150 e. The summed E-state index contributed by atoms with van der Waals surface area (Å²) < 4.78 is 23.5. The molecule has 0 saturated heterocycles. The molecule has 2 N–H and O–H groups in total. The predicted octanol–water partition coefficient (Wildman–Crippen LogP) is 3.25. The quantitative estimate of drug-likeness (QED) is 0.931. The first kappa shape index (κ1) is 15.8. The molecule has 1 fully saturated rings. The monoisotopic (exact) mass is 315 g/mol. The first-order valence-electron chi connectivity index (χ1n) is 6.99. The zero-order valence-corrected chi connectivity index (χ0v) is 13.5. The van der Waals surface area contributed by atoms with Crippen molar-refractivity contribution in [3.05, 3.63) is 34.3 Å². The normalized spacial score (nSPS) is 25.4. The van der Waals surface area contributed by atoms with Crippen molar-refractivity contribution in [2.45, 2.75) is 43.9 Å². The molecule has 0 radical (unpaired) electrons. The maximum atomic E-state index is 11.7. The van der Waals surface area contributed by atoms with Crippen molar-refractivity contribution in [3.63, 3.8) is 0 Å². The molecule has 3 nitrogen and oxygen atoms in total. The Balaban J connectivity index is 2.16. The second-order valence-corrected chi connectivity index (χ2v) is 8.65. The molecule has 0 spiro atoms. The summed E-state index contributed by atoms with van der Waals surface area (Å²) in [7, 11) is -2.97. The molecule has 112 valence electrons. The molecule has 5 heteroatoms. The standard InChI is InChI=1S/C15H22ClNO2S/c1-10-6-7-12(9-14(10)16)15(17)11-4-3-5-13(8-11)20(2,18)19/h6-7,9,11,13,15H,3-5,8,17H2,1-2H3. The van der Waals surface area contributed by atoms with Gasteiger partial charge >= 0.3 is 0 Å². The summed E-state index contributed by atoms with van der Waals surface area (Å²) in [4.78, 5) is 0. The topological polar surface area (TPSA) is 60.2 Å². The summed E-state index contributed by atoms with van der Waals surface area (Å²) in [6.07, 6.45) is 4.66. The summed E-state index contributed by atoms with van der Waals surface area (Å²) in [5.74, 6) is 0.210. The highest BCUT2D eigenvalue weighted by Gasteiger charge is 2.32. The molecule has 2 rings (SSSR count). The minimum Gasteiger partial charge on any atom is -0.324 e. The van der Waals surface area contributed by atoms with Gasteiger partial charge in [-0.1, -0.05) is 30.2 Å². The fraction of sp³-hybridized carbons (Fsp3) is 0.600. The van der Waals surface area contributed by atoms with Crippen LogP contribution in [0.1, 0.15) is 42.9 Å². The van der Waals surface area contributed by atoms with Crippen LogP contribution in [-0.2, 0) is 9.84 Å². The molecule has 1 saturated carbocycles. The van der Waals surface area contributed by atoms with Crippen molar-refractivity contribution in [1.29, 1.82) is 0 Å². The van der Waals surface area contributed by atoms with Gasteiger partial charge in [0.15, 0.2) is 0 Å². The summed E-state index contributed by atoms with van der Waals surface area (Å²) in [6.45, 7) is 1.96. The molecule has 0 aliphatic heterocycles. The van der Waals surface area contributed by atoms with E-state index in [1.54, 1.807) is 0 Å². The first-order chi connectivity index (χ1) is 9.29. The van der Waals surface area contributed by atoms with Gasteiger partial charge in [0.1, 0.15) is 9.84 Å². The Morgan fingerprint density at radius 1 is 1.35 bits per heavy atom. The lowest BCUT2D eigenvalue weighted by Crippen LogP contribution is -2.33. The average Bonchev–Trinajstić information content (AvgIpc) is 2.40. The van der Waals surface area contributed by atoms with Crippen LogP contribution in [0.5, 0.6) is 0 Å². The van der Waals surface area contributed by atoms with Gasteiger partial charge in [-0.25, -0.2) is 8.42 Å². The Kier molecular flexibility index (Phi) is 4.77. The lowest BCUT2D eigenvalue weighted by molar-refractivity contribution is 0.309. The van der Waals surface area contributed by atoms with Crippen molar-refractivity contribution < 1.29 is 8.42 Å². The van der Waals surface area contributed by atoms with Crippen LogP contribution in [0, 0.1) is 12.8 Å². The van der Waals surface area contributed by atoms with E-state index in [2.05, 4.69) is 0 Å². The highest BCUT2D eigenvalue weighted by Crippen LogP contribution is 2.36. The Labute approximate surface area is 126 Å². The van der Waals surface area contributed by atoms with E-state index in [1.807, 2.05) is 25.1 Å². The van der Waals surface area contributed by atoms with Gasteiger partial charge in [-0.3, -0.25) is 0 Å². The zero-order valence-electron chi connectivity index (χ0n) is 12.0. The van der Waals surface area contributed by atoms with Crippen molar-refractivity contribution in [3.8, 4) is 0 Å². The van der Waals surface area contributed by atoms with E-state index < -0.39 is 9.84 Å². The highest BCUT2D eigenvalue weighted by molar-refractivity contribution is 7.91. The highest BCUT2D eigenvalue weighted by atomic mass is 35.5. The molecular formula is C15H22ClNO2S. The number of hydrogen-bond donors (Lipinski definition) is 1. The average molecular weight is 316 g/mol. The lowest BCUT2D eigenvalue weighted by atomic mass is 9.81. The van der Waals surface area contributed by atoms with Gasteiger partial charge in [0, 0.05) is 17.3 Å². The van der Waals surface area contributed by atoms with Crippen molar-refractivity contribution >= 4 is 21.4 Å². The Bertz CT molecular complexity index is 586. The summed E-state index contributed by atoms with van der Waals surface area (Å²) in [5, 5.41) is 0.474. The zero-order chi connectivity index (χ0) is 14.9. The molecule has 0 amide bonds. The molecule has 1 aromatic rings. The van der Waals surface area contributed by atoms with E-state index in [4.69, 9.17) is 17.3 Å². The molecule has 0 heterocycles. The number of nitrogens with two attached hydrogens (primary N) is 1. The number of rotatable bonds is 3. The smallest absolute Gasteiger partial charge is 0.150 e. The third-order valence-electron chi connectivity index (χ3n) is 4.36. The van der Waals surface area contributed by atoms with Crippen molar-refractivity contribution in [2.75, 3.05) is 6.26 Å². The predicted molar refractivity (Wildman–Crippen MR) is 83.7 cm³/mol. The molecule has 0 aromatic heterocycles. The minimum atomic E-state index is -2.97. The number of benzene rings is 1. The third kappa shape index (κ3) is 3.54. The van der Waals surface area contributed by atoms with Crippen LogP contribution < -0.4 is 5.73 Å². The second kappa shape index (κ2) is 6.04. The van der Waals surface area contributed by atoms with Crippen LogP contribution in [0.4, 0.5) is 0 Å². The number of halogens is 1. The van der Waals surface area contributed by atoms with E-state index in [1.165, 1.54) is 6.26 Å². The Hall–Kier alpha value is -0.580. The molecule has 3 unspecified atom stereocenters. The first-order valence-corrected chi connectivity index (χ1v) is 9.33. The van der Waals surface area contributed by atoms with Gasteiger partial charge in [-0.15, -0.1) is 0 Å². The van der Waals surface area contributed by atoms with Gasteiger partial charge in [0.05, 0.1) is 5.25 Å². The number of aryl methyl sites for hydroxylation is 1. The summed E-state index contributed by atoms with van der Waals surface area (Å²) in [6, 6.07) is 5.73.